The number of aliphatic hydroxyl groups is 1. The van der Waals surface area contributed by atoms with Crippen molar-refractivity contribution in [2.75, 3.05) is 40.9 Å². The van der Waals surface area contributed by atoms with Crippen molar-refractivity contribution >= 4 is 13.7 Å². The molecule has 3 unspecified atom stereocenters. The van der Waals surface area contributed by atoms with Crippen molar-refractivity contribution in [2.24, 2.45) is 0 Å². The van der Waals surface area contributed by atoms with E-state index in [0.29, 0.717) is 23.9 Å². The van der Waals surface area contributed by atoms with E-state index in [4.69, 9.17) is 9.05 Å². The van der Waals surface area contributed by atoms with Gasteiger partial charge in [-0.25, -0.2) is 4.57 Å². The Balaban J connectivity index is 4.38. The number of hydrogen-bond acceptors (Lipinski definition) is 5. The Hall–Kier alpha value is -2.06. The molecule has 0 heterocycles. The standard InChI is InChI=1S/C47H85N2O6P/c1-6-8-10-12-14-16-18-19-20-21-22-23-24-25-26-27-28-29-31-33-35-37-39-41-47(51)48-45(44-55-56(52,53)54-43-42-49(3,4)5)46(50)40-38-36-34-32-30-17-15-13-11-9-7-2/h8,10,14,16,19-20,22-23,25-26,28-29,45-46,50H,6-7,9,11-13,15,17-18,21,24,27,30-44H2,1-5H3,(H-,48,51,52,53)/p+1/b10-8-,16-14-,20-19-,23-22-,26-25-,29-28-. The monoisotopic (exact) mass is 806 g/mol. The minimum atomic E-state index is -4.32. The Morgan fingerprint density at radius 2 is 1.07 bits per heavy atom. The summed E-state index contributed by atoms with van der Waals surface area (Å²) in [5.41, 5.74) is 0. The van der Waals surface area contributed by atoms with E-state index in [-0.39, 0.29) is 19.1 Å². The summed E-state index contributed by atoms with van der Waals surface area (Å²) in [5.74, 6) is -0.174. The first kappa shape index (κ1) is 53.9. The van der Waals surface area contributed by atoms with E-state index in [1.165, 1.54) is 51.4 Å². The molecule has 0 aliphatic rings. The highest BCUT2D eigenvalue weighted by atomic mass is 31.2. The highest BCUT2D eigenvalue weighted by Gasteiger charge is 2.28. The molecule has 0 saturated carbocycles. The van der Waals surface area contributed by atoms with Crippen molar-refractivity contribution in [3.63, 3.8) is 0 Å². The molecule has 0 aromatic carbocycles. The molecular weight excluding hydrogens is 719 g/mol. The minimum Gasteiger partial charge on any atom is -0.391 e. The Bertz CT molecular complexity index is 1140. The van der Waals surface area contributed by atoms with Crippen LogP contribution in [0.15, 0.2) is 72.9 Å². The summed E-state index contributed by atoms with van der Waals surface area (Å²) in [4.78, 5) is 23.1. The largest absolute Gasteiger partial charge is 0.472 e. The number of nitrogens with zero attached hydrogens (tertiary/aromatic N) is 1. The summed E-state index contributed by atoms with van der Waals surface area (Å²) in [6, 6.07) is -0.777. The normalized spacial score (nSPS) is 15.1. The van der Waals surface area contributed by atoms with Gasteiger partial charge in [0.15, 0.2) is 0 Å². The molecule has 56 heavy (non-hydrogen) atoms. The fourth-order valence-corrected chi connectivity index (χ4v) is 6.67. The summed E-state index contributed by atoms with van der Waals surface area (Å²) < 4.78 is 23.6. The number of carbonyl (C=O) groups is 1. The quantitative estimate of drug-likeness (QED) is 0.0247. The lowest BCUT2D eigenvalue weighted by molar-refractivity contribution is -0.870. The minimum absolute atomic E-state index is 0.0652. The number of nitrogens with one attached hydrogen (secondary N) is 1. The maximum atomic E-state index is 12.9. The predicted octanol–water partition coefficient (Wildman–Crippen LogP) is 12.4. The van der Waals surface area contributed by atoms with Crippen LogP contribution in [0.1, 0.15) is 168 Å². The van der Waals surface area contributed by atoms with E-state index in [1.807, 2.05) is 21.1 Å². The summed E-state index contributed by atoms with van der Waals surface area (Å²) in [6.07, 6.45) is 50.7. The van der Waals surface area contributed by atoms with E-state index >= 15 is 0 Å². The fraction of sp³-hybridized carbons (Fsp3) is 0.723. The Morgan fingerprint density at radius 1 is 0.625 bits per heavy atom. The molecule has 0 aromatic rings. The molecule has 0 rings (SSSR count). The third-order valence-electron chi connectivity index (χ3n) is 9.47. The van der Waals surface area contributed by atoms with Crippen LogP contribution in [-0.2, 0) is 18.4 Å². The summed E-state index contributed by atoms with van der Waals surface area (Å²) >= 11 is 0. The van der Waals surface area contributed by atoms with Crippen LogP contribution in [0, 0.1) is 0 Å². The van der Waals surface area contributed by atoms with Crippen LogP contribution in [-0.4, -0.2) is 73.4 Å². The van der Waals surface area contributed by atoms with E-state index in [0.717, 1.165) is 89.9 Å². The van der Waals surface area contributed by atoms with Gasteiger partial charge < -0.3 is 19.8 Å². The molecule has 0 saturated heterocycles. The first-order valence-corrected chi connectivity index (χ1v) is 23.8. The van der Waals surface area contributed by atoms with Crippen LogP contribution in [0.5, 0.6) is 0 Å². The van der Waals surface area contributed by atoms with Gasteiger partial charge in [0.2, 0.25) is 5.91 Å². The number of phosphoric ester groups is 1. The molecule has 0 aliphatic carbocycles. The molecule has 3 atom stereocenters. The van der Waals surface area contributed by atoms with Crippen molar-refractivity contribution in [3.8, 4) is 0 Å². The van der Waals surface area contributed by atoms with Crippen molar-refractivity contribution in [1.82, 2.24) is 5.32 Å². The van der Waals surface area contributed by atoms with Crippen LogP contribution in [0.3, 0.4) is 0 Å². The average Bonchev–Trinajstić information content (AvgIpc) is 3.15. The molecule has 8 nitrogen and oxygen atoms in total. The number of carbonyl (C=O) groups excluding carboxylic acids is 1. The second-order valence-corrected chi connectivity index (χ2v) is 17.5. The molecule has 0 radical (unpaired) electrons. The first-order chi connectivity index (χ1) is 27.0. The lowest BCUT2D eigenvalue weighted by Gasteiger charge is -2.26. The average molecular weight is 806 g/mol. The highest BCUT2D eigenvalue weighted by molar-refractivity contribution is 7.47. The molecule has 0 bridgehead atoms. The lowest BCUT2D eigenvalue weighted by Crippen LogP contribution is -2.46. The van der Waals surface area contributed by atoms with Crippen LogP contribution >= 0.6 is 7.82 Å². The first-order valence-electron chi connectivity index (χ1n) is 22.3. The SMILES string of the molecule is CC/C=C\C/C=C\C/C=C\C/C=C\C/C=C\C/C=C\CCCCCCC(=O)NC(COP(=O)(O)OCC[N+](C)(C)C)C(O)CCCCCCCCCCCCC. The summed E-state index contributed by atoms with van der Waals surface area (Å²) in [5, 5.41) is 13.9. The second-order valence-electron chi connectivity index (χ2n) is 16.0. The molecule has 1 amide bonds. The number of likely N-dealkylation sites (N-methyl/N-ethyl adjacent to an activating group) is 1. The zero-order valence-corrected chi connectivity index (χ0v) is 37.5. The maximum Gasteiger partial charge on any atom is 0.472 e. The summed E-state index contributed by atoms with van der Waals surface area (Å²) in [7, 11) is 1.58. The number of allylic oxidation sites excluding steroid dienone is 12. The zero-order chi connectivity index (χ0) is 41.4. The van der Waals surface area contributed by atoms with Crippen molar-refractivity contribution in [1.29, 1.82) is 0 Å². The number of unbranched alkanes of at least 4 members (excludes halogenated alkanes) is 14. The topological polar surface area (TPSA) is 105 Å². The maximum absolute atomic E-state index is 12.9. The van der Waals surface area contributed by atoms with Crippen LogP contribution in [0.4, 0.5) is 0 Å². The van der Waals surface area contributed by atoms with Gasteiger partial charge in [-0.15, -0.1) is 0 Å². The fourth-order valence-electron chi connectivity index (χ4n) is 5.93. The number of amides is 1. The van der Waals surface area contributed by atoms with Gasteiger partial charge in [0, 0.05) is 6.42 Å². The van der Waals surface area contributed by atoms with E-state index in [9.17, 15) is 19.4 Å². The van der Waals surface area contributed by atoms with E-state index < -0.39 is 20.0 Å². The Morgan fingerprint density at radius 3 is 1.57 bits per heavy atom. The number of aliphatic hydroxyl groups excluding tert-OH is 1. The number of rotatable bonds is 39. The molecule has 0 spiro atoms. The van der Waals surface area contributed by atoms with Gasteiger partial charge in [0.1, 0.15) is 13.2 Å². The molecular formula is C47H86N2O6P+. The van der Waals surface area contributed by atoms with Gasteiger partial charge in [-0.1, -0.05) is 170 Å². The van der Waals surface area contributed by atoms with Gasteiger partial charge in [-0.2, -0.15) is 0 Å². The number of phosphoric acid groups is 1. The third-order valence-corrected chi connectivity index (χ3v) is 10.5. The predicted molar refractivity (Wildman–Crippen MR) is 240 cm³/mol. The Kier molecular flexibility index (Phi) is 37.0. The van der Waals surface area contributed by atoms with Crippen molar-refractivity contribution in [3.05, 3.63) is 72.9 Å². The molecule has 0 fully saturated rings. The molecule has 9 heteroatoms. The smallest absolute Gasteiger partial charge is 0.391 e. The van der Waals surface area contributed by atoms with Gasteiger partial charge in [0.25, 0.3) is 0 Å². The lowest BCUT2D eigenvalue weighted by atomic mass is 10.0. The van der Waals surface area contributed by atoms with Gasteiger partial charge >= 0.3 is 7.82 Å². The third kappa shape index (κ3) is 40.1. The van der Waals surface area contributed by atoms with Gasteiger partial charge in [-0.3, -0.25) is 13.8 Å². The van der Waals surface area contributed by atoms with Crippen LogP contribution in [0.25, 0.3) is 0 Å². The van der Waals surface area contributed by atoms with E-state index in [1.54, 1.807) is 0 Å². The van der Waals surface area contributed by atoms with Gasteiger partial charge in [-0.05, 0) is 64.2 Å². The summed E-state index contributed by atoms with van der Waals surface area (Å²) in [6.45, 7) is 4.72. The number of quaternary nitrogens is 1. The van der Waals surface area contributed by atoms with E-state index in [2.05, 4.69) is 92.1 Å². The molecule has 324 valence electrons. The Labute approximate surface area is 344 Å². The van der Waals surface area contributed by atoms with Gasteiger partial charge in [0.05, 0.1) is 39.9 Å². The second kappa shape index (κ2) is 38.5. The van der Waals surface area contributed by atoms with Crippen LogP contribution in [0.2, 0.25) is 0 Å². The molecule has 0 aromatic heterocycles. The highest BCUT2D eigenvalue weighted by Crippen LogP contribution is 2.43. The van der Waals surface area contributed by atoms with Crippen molar-refractivity contribution in [2.45, 2.75) is 180 Å². The van der Waals surface area contributed by atoms with Crippen molar-refractivity contribution < 1.29 is 32.9 Å². The number of hydrogen-bond donors (Lipinski definition) is 3. The van der Waals surface area contributed by atoms with Crippen LogP contribution < -0.4 is 5.32 Å². The molecule has 3 N–H and O–H groups in total. The zero-order valence-electron chi connectivity index (χ0n) is 36.6. The molecule has 0 aliphatic heterocycles.